The Morgan fingerprint density at radius 3 is 2.75 bits per heavy atom. The number of carboxylic acid groups (broad SMARTS) is 1. The number of hydrogen-bond acceptors (Lipinski definition) is 3. The van der Waals surface area contributed by atoms with Gasteiger partial charge in [-0.15, -0.1) is 11.3 Å². The van der Waals surface area contributed by atoms with Gasteiger partial charge in [-0.25, -0.2) is 0 Å². The van der Waals surface area contributed by atoms with Crippen molar-refractivity contribution in [2.24, 2.45) is 5.41 Å². The van der Waals surface area contributed by atoms with Gasteiger partial charge in [0.25, 0.3) is 5.91 Å². The molecule has 4 nitrogen and oxygen atoms in total. The van der Waals surface area contributed by atoms with Crippen LogP contribution >= 0.6 is 11.3 Å². The van der Waals surface area contributed by atoms with E-state index in [2.05, 4.69) is 0 Å². The SMILES string of the molecule is C[C@]1(C(=O)O)CCN(C(=O)c2cc3ccccc3s2)C1. The van der Waals surface area contributed by atoms with Gasteiger partial charge in [-0.2, -0.15) is 0 Å². The molecule has 0 bridgehead atoms. The second-order valence-corrected chi connectivity index (χ2v) is 6.57. The number of benzene rings is 1. The molecule has 2 aromatic rings. The first kappa shape index (κ1) is 13.1. The van der Waals surface area contributed by atoms with Crippen molar-refractivity contribution >= 4 is 33.3 Å². The molecule has 1 fully saturated rings. The molecular weight excluding hydrogens is 274 g/mol. The summed E-state index contributed by atoms with van der Waals surface area (Å²) in [5.74, 6) is -0.889. The van der Waals surface area contributed by atoms with Crippen LogP contribution < -0.4 is 0 Å². The molecule has 0 spiro atoms. The summed E-state index contributed by atoms with van der Waals surface area (Å²) in [5, 5.41) is 10.3. The van der Waals surface area contributed by atoms with Crippen LogP contribution in [0.2, 0.25) is 0 Å². The number of fused-ring (bicyclic) bond motifs is 1. The zero-order chi connectivity index (χ0) is 14.3. The number of carbonyl (C=O) groups is 2. The van der Waals surface area contributed by atoms with E-state index >= 15 is 0 Å². The maximum absolute atomic E-state index is 12.5. The summed E-state index contributed by atoms with van der Waals surface area (Å²) in [4.78, 5) is 26.0. The summed E-state index contributed by atoms with van der Waals surface area (Å²) < 4.78 is 1.08. The molecule has 0 unspecified atom stereocenters. The van der Waals surface area contributed by atoms with Gasteiger partial charge >= 0.3 is 5.97 Å². The molecule has 1 aromatic carbocycles. The molecule has 20 heavy (non-hydrogen) atoms. The lowest BCUT2D eigenvalue weighted by atomic mass is 9.90. The van der Waals surface area contributed by atoms with E-state index in [4.69, 9.17) is 0 Å². The van der Waals surface area contributed by atoms with Crippen LogP contribution in [0.15, 0.2) is 30.3 Å². The summed E-state index contributed by atoms with van der Waals surface area (Å²) in [5.41, 5.74) is -0.813. The third-order valence-electron chi connectivity index (χ3n) is 3.91. The summed E-state index contributed by atoms with van der Waals surface area (Å²) in [6.45, 7) is 2.50. The highest BCUT2D eigenvalue weighted by Crippen LogP contribution is 2.33. The molecule has 2 heterocycles. The first-order valence-electron chi connectivity index (χ1n) is 6.51. The monoisotopic (exact) mass is 289 g/mol. The second kappa shape index (κ2) is 4.59. The molecule has 1 saturated heterocycles. The average Bonchev–Trinajstić information content (AvgIpc) is 3.02. The Kier molecular flexibility index (Phi) is 3.01. The largest absolute Gasteiger partial charge is 0.481 e. The van der Waals surface area contributed by atoms with Gasteiger partial charge in [0.05, 0.1) is 10.3 Å². The Morgan fingerprint density at radius 2 is 2.10 bits per heavy atom. The lowest BCUT2D eigenvalue weighted by Crippen LogP contribution is -2.34. The van der Waals surface area contributed by atoms with Gasteiger partial charge in [0.2, 0.25) is 0 Å². The van der Waals surface area contributed by atoms with Gasteiger partial charge < -0.3 is 10.0 Å². The fourth-order valence-electron chi connectivity index (χ4n) is 2.55. The number of carbonyl (C=O) groups excluding carboxylic acids is 1. The maximum Gasteiger partial charge on any atom is 0.311 e. The topological polar surface area (TPSA) is 57.6 Å². The van der Waals surface area contributed by atoms with Crippen LogP contribution in [0, 0.1) is 5.41 Å². The van der Waals surface area contributed by atoms with E-state index in [0.29, 0.717) is 17.8 Å². The summed E-state index contributed by atoms with van der Waals surface area (Å²) in [7, 11) is 0. The van der Waals surface area contributed by atoms with Crippen LogP contribution in [0.3, 0.4) is 0 Å². The third-order valence-corrected chi connectivity index (χ3v) is 5.02. The molecule has 1 atom stereocenters. The van der Waals surface area contributed by atoms with Crippen molar-refractivity contribution in [2.45, 2.75) is 13.3 Å². The van der Waals surface area contributed by atoms with Gasteiger partial charge in [0.1, 0.15) is 0 Å². The Bertz CT molecular complexity index is 660. The van der Waals surface area contributed by atoms with Crippen molar-refractivity contribution in [1.29, 1.82) is 0 Å². The van der Waals surface area contributed by atoms with E-state index in [0.717, 1.165) is 10.1 Å². The molecule has 0 saturated carbocycles. The zero-order valence-electron chi connectivity index (χ0n) is 11.1. The van der Waals surface area contributed by atoms with Crippen LogP contribution in [0.25, 0.3) is 10.1 Å². The van der Waals surface area contributed by atoms with E-state index in [1.165, 1.54) is 11.3 Å². The van der Waals surface area contributed by atoms with E-state index in [-0.39, 0.29) is 12.5 Å². The minimum atomic E-state index is -0.829. The normalized spacial score (nSPS) is 22.4. The standard InChI is InChI=1S/C15H15NO3S/c1-15(14(18)19)6-7-16(9-15)13(17)12-8-10-4-2-3-5-11(10)20-12/h2-5,8H,6-7,9H2,1H3,(H,18,19)/t15-/m0/s1. The van der Waals surface area contributed by atoms with E-state index in [1.54, 1.807) is 11.8 Å². The van der Waals surface area contributed by atoms with Crippen molar-refractivity contribution in [1.82, 2.24) is 4.90 Å². The number of thiophene rings is 1. The molecule has 104 valence electrons. The number of aliphatic carboxylic acids is 1. The highest BCUT2D eigenvalue weighted by atomic mass is 32.1. The quantitative estimate of drug-likeness (QED) is 0.925. The van der Waals surface area contributed by atoms with Crippen molar-refractivity contribution in [3.8, 4) is 0 Å². The van der Waals surface area contributed by atoms with Crippen LogP contribution in [0.1, 0.15) is 23.0 Å². The second-order valence-electron chi connectivity index (χ2n) is 5.49. The van der Waals surface area contributed by atoms with Crippen LogP contribution in [-0.4, -0.2) is 35.0 Å². The Labute approximate surface area is 120 Å². The highest BCUT2D eigenvalue weighted by Gasteiger charge is 2.42. The first-order chi connectivity index (χ1) is 9.49. The smallest absolute Gasteiger partial charge is 0.311 e. The molecule has 0 aliphatic carbocycles. The molecule has 1 amide bonds. The van der Waals surface area contributed by atoms with Gasteiger partial charge in [-0.1, -0.05) is 18.2 Å². The van der Waals surface area contributed by atoms with Crippen LogP contribution in [-0.2, 0) is 4.79 Å². The fraction of sp³-hybridized carbons (Fsp3) is 0.333. The number of hydrogen-bond donors (Lipinski definition) is 1. The Hall–Kier alpha value is -1.88. The third kappa shape index (κ3) is 2.08. The Balaban J connectivity index is 1.85. The van der Waals surface area contributed by atoms with Gasteiger partial charge in [0.15, 0.2) is 0 Å². The fourth-order valence-corrected chi connectivity index (χ4v) is 3.58. The van der Waals surface area contributed by atoms with Crippen molar-refractivity contribution < 1.29 is 14.7 Å². The van der Waals surface area contributed by atoms with Crippen molar-refractivity contribution in [3.05, 3.63) is 35.2 Å². The molecule has 5 heteroatoms. The lowest BCUT2D eigenvalue weighted by Gasteiger charge is -2.19. The molecule has 1 aromatic heterocycles. The predicted molar refractivity (Wildman–Crippen MR) is 78.1 cm³/mol. The van der Waals surface area contributed by atoms with E-state index < -0.39 is 11.4 Å². The molecule has 1 N–H and O–H groups in total. The number of rotatable bonds is 2. The van der Waals surface area contributed by atoms with Crippen LogP contribution in [0.5, 0.6) is 0 Å². The number of nitrogens with zero attached hydrogens (tertiary/aromatic N) is 1. The molecular formula is C15H15NO3S. The van der Waals surface area contributed by atoms with Gasteiger partial charge in [-0.05, 0) is 30.9 Å². The van der Waals surface area contributed by atoms with Crippen molar-refractivity contribution in [2.75, 3.05) is 13.1 Å². The lowest BCUT2D eigenvalue weighted by molar-refractivity contribution is -0.147. The summed E-state index contributed by atoms with van der Waals surface area (Å²) in [6.07, 6.45) is 0.513. The molecule has 3 rings (SSSR count). The Morgan fingerprint density at radius 1 is 1.35 bits per heavy atom. The van der Waals surface area contributed by atoms with Crippen LogP contribution in [0.4, 0.5) is 0 Å². The molecule has 0 radical (unpaired) electrons. The van der Waals surface area contributed by atoms with Gasteiger partial charge in [0, 0.05) is 17.8 Å². The van der Waals surface area contributed by atoms with E-state index in [1.807, 2.05) is 30.3 Å². The summed E-state index contributed by atoms with van der Waals surface area (Å²) in [6, 6.07) is 9.75. The minimum Gasteiger partial charge on any atom is -0.481 e. The van der Waals surface area contributed by atoms with Gasteiger partial charge in [-0.3, -0.25) is 9.59 Å². The summed E-state index contributed by atoms with van der Waals surface area (Å²) >= 11 is 1.46. The number of likely N-dealkylation sites (tertiary alicyclic amines) is 1. The van der Waals surface area contributed by atoms with E-state index in [9.17, 15) is 14.7 Å². The zero-order valence-corrected chi connectivity index (χ0v) is 11.9. The number of amides is 1. The number of carboxylic acids is 1. The predicted octanol–water partition coefficient (Wildman–Crippen LogP) is 2.84. The molecule has 1 aliphatic heterocycles. The maximum atomic E-state index is 12.5. The first-order valence-corrected chi connectivity index (χ1v) is 7.32. The minimum absolute atomic E-state index is 0.0591. The average molecular weight is 289 g/mol. The van der Waals surface area contributed by atoms with Crippen molar-refractivity contribution in [3.63, 3.8) is 0 Å². The molecule has 1 aliphatic rings. The highest BCUT2D eigenvalue weighted by molar-refractivity contribution is 7.20.